The quantitative estimate of drug-likeness (QED) is 0.296. The Morgan fingerprint density at radius 3 is 1.60 bits per heavy atom. The molecule has 0 aliphatic carbocycles. The largest absolute Gasteiger partial charge is 0.480 e. The van der Waals surface area contributed by atoms with Crippen LogP contribution < -0.4 is 0 Å². The molecule has 0 saturated carbocycles. The molecule has 1 rings (SSSR count). The van der Waals surface area contributed by atoms with Gasteiger partial charge in [0.2, 0.25) is 0 Å². The molecule has 1 fully saturated rings. The average molecular weight is 370 g/mol. The third-order valence-electron chi connectivity index (χ3n) is 3.39. The second-order valence-electron chi connectivity index (χ2n) is 5.21. The van der Waals surface area contributed by atoms with Crippen molar-refractivity contribution in [2.24, 2.45) is 0 Å². The van der Waals surface area contributed by atoms with Crippen LogP contribution in [0.1, 0.15) is 0 Å². The van der Waals surface area contributed by atoms with E-state index in [-0.39, 0.29) is 12.1 Å². The minimum atomic E-state index is -2.27. The average Bonchev–Trinajstić information content (AvgIpc) is 2.52. The third kappa shape index (κ3) is 9.28. The van der Waals surface area contributed by atoms with Crippen molar-refractivity contribution in [3.05, 3.63) is 0 Å². The monoisotopic (exact) mass is 370 g/mol. The van der Waals surface area contributed by atoms with Gasteiger partial charge in [-0.25, -0.2) is 9.59 Å². The van der Waals surface area contributed by atoms with Crippen molar-refractivity contribution < 1.29 is 50.1 Å². The molecule has 1 saturated heterocycles. The number of nitrogens with zero attached hydrogens (tertiary/aromatic N) is 2. The number of aliphatic hydroxyl groups is 2. The Kier molecular flexibility index (Phi) is 12.7. The van der Waals surface area contributed by atoms with Crippen LogP contribution >= 0.6 is 0 Å². The van der Waals surface area contributed by atoms with Gasteiger partial charge >= 0.3 is 17.9 Å². The molecule has 0 aromatic heterocycles. The van der Waals surface area contributed by atoms with Crippen molar-refractivity contribution in [2.75, 3.05) is 46.9 Å². The lowest BCUT2D eigenvalue weighted by molar-refractivity contribution is -0.165. The number of ether oxygens (including phenoxy) is 1. The summed E-state index contributed by atoms with van der Waals surface area (Å²) in [5.74, 6) is -4.33. The summed E-state index contributed by atoms with van der Waals surface area (Å²) < 4.78 is 4.91. The summed E-state index contributed by atoms with van der Waals surface area (Å²) in [5, 5.41) is 41.5. The maximum Gasteiger partial charge on any atom is 0.335 e. The smallest absolute Gasteiger partial charge is 0.335 e. The molecule has 25 heavy (non-hydrogen) atoms. The number of piperazine rings is 1. The molecule has 3 atom stereocenters. The summed E-state index contributed by atoms with van der Waals surface area (Å²) in [7, 11) is 3.58. The maximum atomic E-state index is 10.9. The zero-order valence-corrected chi connectivity index (χ0v) is 14.0. The molecule has 0 unspecified atom stereocenters. The van der Waals surface area contributed by atoms with E-state index in [9.17, 15) is 14.4 Å². The van der Waals surface area contributed by atoms with Crippen molar-refractivity contribution >= 4 is 17.9 Å². The summed E-state index contributed by atoms with van der Waals surface area (Å²) >= 11 is 0. The Bertz CT molecular complexity index is 407. The summed E-state index contributed by atoms with van der Waals surface area (Å²) in [5.41, 5.74) is 0. The fourth-order valence-corrected chi connectivity index (χ4v) is 1.89. The Labute approximate surface area is 144 Å². The van der Waals surface area contributed by atoms with Gasteiger partial charge in [0, 0.05) is 33.3 Å². The van der Waals surface area contributed by atoms with Crippen LogP contribution in [0.5, 0.6) is 0 Å². The summed E-state index contributed by atoms with van der Waals surface area (Å²) in [6.45, 7) is 3.72. The first-order chi connectivity index (χ1) is 11.1. The Morgan fingerprint density at radius 1 is 0.920 bits per heavy atom. The molecule has 0 spiro atoms. The predicted molar refractivity (Wildman–Crippen MR) is 83.3 cm³/mol. The number of hydrogen-bond donors (Lipinski definition) is 5. The SMILES string of the molecule is COC[C@H](C(=O)O)N1CCN(C)CC1.O.O=C(O)[C@H](O)[C@@H](O)C(=O)O. The van der Waals surface area contributed by atoms with E-state index in [4.69, 9.17) is 30.3 Å². The lowest BCUT2D eigenvalue weighted by atomic mass is 10.2. The van der Waals surface area contributed by atoms with E-state index in [2.05, 4.69) is 4.90 Å². The Balaban J connectivity index is 0. The van der Waals surface area contributed by atoms with E-state index in [1.165, 1.54) is 7.11 Å². The number of carboxylic acids is 3. The summed E-state index contributed by atoms with van der Waals surface area (Å²) in [6, 6.07) is -0.492. The van der Waals surface area contributed by atoms with Gasteiger partial charge in [-0.2, -0.15) is 0 Å². The number of carboxylic acid groups (broad SMARTS) is 3. The summed E-state index contributed by atoms with van der Waals surface area (Å²) in [6.07, 6.45) is -4.53. The Hall–Kier alpha value is -1.83. The van der Waals surface area contributed by atoms with Crippen molar-refractivity contribution in [1.82, 2.24) is 9.80 Å². The summed E-state index contributed by atoms with van der Waals surface area (Å²) in [4.78, 5) is 34.6. The molecule has 0 aromatic rings. The van der Waals surface area contributed by atoms with E-state index < -0.39 is 36.2 Å². The van der Waals surface area contributed by atoms with E-state index in [1.54, 1.807) is 0 Å². The highest BCUT2D eigenvalue weighted by molar-refractivity contribution is 5.83. The van der Waals surface area contributed by atoms with Gasteiger partial charge in [-0.05, 0) is 7.05 Å². The molecule has 0 aromatic carbocycles. The van der Waals surface area contributed by atoms with Gasteiger partial charge in [-0.1, -0.05) is 0 Å². The lowest BCUT2D eigenvalue weighted by Crippen LogP contribution is -2.53. The van der Waals surface area contributed by atoms with Gasteiger partial charge < -0.3 is 40.6 Å². The standard InChI is InChI=1S/C9H18N2O3.C4H6O6.H2O/c1-10-3-5-11(6-4-10)8(7-14-2)9(12)13;5-1(3(7)8)2(6)4(9)10;/h8H,3-7H2,1-2H3,(H,12,13);1-2,5-6H,(H,7,8)(H,9,10);1H2/t8-;1-,2-;/m11./s1. The van der Waals surface area contributed by atoms with E-state index in [1.807, 2.05) is 11.9 Å². The normalized spacial score (nSPS) is 18.7. The van der Waals surface area contributed by atoms with Crippen LogP contribution in [0.2, 0.25) is 0 Å². The second-order valence-corrected chi connectivity index (χ2v) is 5.21. The van der Waals surface area contributed by atoms with Gasteiger partial charge in [0.1, 0.15) is 6.04 Å². The van der Waals surface area contributed by atoms with Gasteiger partial charge in [0.15, 0.2) is 12.2 Å². The highest BCUT2D eigenvalue weighted by atomic mass is 16.5. The van der Waals surface area contributed by atoms with Crippen LogP contribution in [-0.2, 0) is 19.1 Å². The number of methoxy groups -OCH3 is 1. The fraction of sp³-hybridized carbons (Fsp3) is 0.769. The van der Waals surface area contributed by atoms with Crippen LogP contribution in [-0.4, -0.2) is 124 Å². The van der Waals surface area contributed by atoms with Crippen molar-refractivity contribution in [2.45, 2.75) is 18.2 Å². The molecular formula is C13H26N2O10. The number of aliphatic carboxylic acids is 3. The lowest BCUT2D eigenvalue weighted by Gasteiger charge is -2.35. The number of aliphatic hydroxyl groups excluding tert-OH is 2. The zero-order chi connectivity index (χ0) is 18.9. The zero-order valence-electron chi connectivity index (χ0n) is 14.0. The van der Waals surface area contributed by atoms with E-state index in [0.29, 0.717) is 0 Å². The van der Waals surface area contributed by atoms with Crippen LogP contribution in [0, 0.1) is 0 Å². The van der Waals surface area contributed by atoms with Crippen LogP contribution in [0.25, 0.3) is 0 Å². The highest BCUT2D eigenvalue weighted by Gasteiger charge is 2.29. The predicted octanol–water partition coefficient (Wildman–Crippen LogP) is -3.61. The molecule has 148 valence electrons. The molecule has 12 nitrogen and oxygen atoms in total. The van der Waals surface area contributed by atoms with Gasteiger partial charge in [-0.3, -0.25) is 9.69 Å². The van der Waals surface area contributed by atoms with E-state index in [0.717, 1.165) is 26.2 Å². The molecule has 7 N–H and O–H groups in total. The molecule has 1 aliphatic rings. The molecule has 0 radical (unpaired) electrons. The molecular weight excluding hydrogens is 344 g/mol. The minimum Gasteiger partial charge on any atom is -0.480 e. The number of carbonyl (C=O) groups is 3. The third-order valence-corrected chi connectivity index (χ3v) is 3.39. The first-order valence-corrected chi connectivity index (χ1v) is 7.07. The van der Waals surface area contributed by atoms with Crippen molar-refractivity contribution in [1.29, 1.82) is 0 Å². The first kappa shape index (κ1) is 25.4. The molecule has 0 amide bonds. The Morgan fingerprint density at radius 2 is 1.32 bits per heavy atom. The van der Waals surface area contributed by atoms with Crippen molar-refractivity contribution in [3.8, 4) is 0 Å². The minimum absolute atomic E-state index is 0. The van der Waals surface area contributed by atoms with Crippen LogP contribution in [0.15, 0.2) is 0 Å². The topological polar surface area (TPSA) is 200 Å². The second kappa shape index (κ2) is 12.5. The molecule has 1 aliphatic heterocycles. The molecule has 1 heterocycles. The number of hydrogen-bond acceptors (Lipinski definition) is 8. The van der Waals surface area contributed by atoms with E-state index >= 15 is 0 Å². The van der Waals surface area contributed by atoms with Crippen LogP contribution in [0.4, 0.5) is 0 Å². The van der Waals surface area contributed by atoms with Gasteiger partial charge in [0.05, 0.1) is 6.61 Å². The maximum absolute atomic E-state index is 10.9. The van der Waals surface area contributed by atoms with Crippen molar-refractivity contribution in [3.63, 3.8) is 0 Å². The van der Waals surface area contributed by atoms with Gasteiger partial charge in [0.25, 0.3) is 0 Å². The van der Waals surface area contributed by atoms with Crippen LogP contribution in [0.3, 0.4) is 0 Å². The molecule has 12 heteroatoms. The highest BCUT2D eigenvalue weighted by Crippen LogP contribution is 2.05. The van der Waals surface area contributed by atoms with Gasteiger partial charge in [-0.15, -0.1) is 0 Å². The number of likely N-dealkylation sites (N-methyl/N-ethyl adjacent to an activating group) is 1. The molecule has 0 bridgehead atoms. The fourth-order valence-electron chi connectivity index (χ4n) is 1.89. The first-order valence-electron chi connectivity index (χ1n) is 7.07. The number of rotatable bonds is 7.